The van der Waals surface area contributed by atoms with Crippen LogP contribution in [0.15, 0.2) is 201 Å². The van der Waals surface area contributed by atoms with Crippen LogP contribution < -0.4 is 4.90 Å². The second kappa shape index (κ2) is 11.2. The first kappa shape index (κ1) is 31.3. The summed E-state index contributed by atoms with van der Waals surface area (Å²) in [5.74, 6) is 0. The topological polar surface area (TPSA) is 42.7 Å². The third kappa shape index (κ3) is 3.88. The molecule has 0 atom stereocenters. The molecule has 274 valence electrons. The van der Waals surface area contributed by atoms with E-state index in [-0.39, 0.29) is 0 Å². The molecule has 2 aliphatic rings. The van der Waals surface area contributed by atoms with Gasteiger partial charge in [0.2, 0.25) is 0 Å². The number of para-hydroxylation sites is 3. The SMILES string of the molecule is c1ccc2c(c1)-c1ccccc1C21c2ccccc2-c2cc3c(oc4ccccc43)c(N(c3ccc4oc5ccccc5c4c3)c3cccc4oc5ccccc5c34)c21. The minimum atomic E-state index is -0.654. The van der Waals surface area contributed by atoms with E-state index in [0.717, 1.165) is 82.9 Å². The van der Waals surface area contributed by atoms with Crippen LogP contribution in [0, 0.1) is 0 Å². The summed E-state index contributed by atoms with van der Waals surface area (Å²) in [5, 5.41) is 6.38. The predicted molar refractivity (Wildman–Crippen MR) is 239 cm³/mol. The van der Waals surface area contributed by atoms with Gasteiger partial charge in [-0.05, 0) is 93.5 Å². The summed E-state index contributed by atoms with van der Waals surface area (Å²) in [4.78, 5) is 2.46. The molecule has 0 amide bonds. The van der Waals surface area contributed by atoms with Crippen LogP contribution in [0.5, 0.6) is 0 Å². The Balaban J connectivity index is 1.23. The smallest absolute Gasteiger partial charge is 0.159 e. The highest BCUT2D eigenvalue weighted by molar-refractivity contribution is 6.20. The van der Waals surface area contributed by atoms with Gasteiger partial charge in [0.15, 0.2) is 5.58 Å². The molecule has 4 heteroatoms. The molecule has 0 bridgehead atoms. The van der Waals surface area contributed by atoms with E-state index in [2.05, 4.69) is 175 Å². The quantitative estimate of drug-likeness (QED) is 0.180. The highest BCUT2D eigenvalue weighted by atomic mass is 16.3. The molecule has 4 nitrogen and oxygen atoms in total. The Bertz CT molecular complexity index is 3720. The van der Waals surface area contributed by atoms with Crippen molar-refractivity contribution in [2.45, 2.75) is 5.41 Å². The van der Waals surface area contributed by atoms with Gasteiger partial charge in [0.25, 0.3) is 0 Å². The molecule has 0 saturated carbocycles. The van der Waals surface area contributed by atoms with Gasteiger partial charge in [-0.15, -0.1) is 0 Å². The zero-order valence-electron chi connectivity index (χ0n) is 31.6. The molecule has 14 rings (SSSR count). The molecular formula is C55H31NO3. The van der Waals surface area contributed by atoms with Crippen LogP contribution in [0.2, 0.25) is 0 Å². The summed E-state index contributed by atoms with van der Waals surface area (Å²) in [6.07, 6.45) is 0. The van der Waals surface area contributed by atoms with Crippen molar-refractivity contribution in [3.63, 3.8) is 0 Å². The fraction of sp³-hybridized carbons (Fsp3) is 0.0182. The van der Waals surface area contributed by atoms with Crippen LogP contribution in [-0.2, 0) is 5.41 Å². The Morgan fingerprint density at radius 1 is 0.356 bits per heavy atom. The van der Waals surface area contributed by atoms with Crippen LogP contribution in [-0.4, -0.2) is 0 Å². The Kier molecular flexibility index (Phi) is 5.93. The number of rotatable bonds is 3. The van der Waals surface area contributed by atoms with E-state index in [1.165, 1.54) is 44.5 Å². The van der Waals surface area contributed by atoms with Crippen molar-refractivity contribution in [2.24, 2.45) is 0 Å². The molecule has 3 heterocycles. The van der Waals surface area contributed by atoms with Crippen molar-refractivity contribution < 1.29 is 13.3 Å². The van der Waals surface area contributed by atoms with Crippen molar-refractivity contribution >= 4 is 82.9 Å². The van der Waals surface area contributed by atoms with E-state index >= 15 is 0 Å². The first-order valence-corrected chi connectivity index (χ1v) is 20.2. The van der Waals surface area contributed by atoms with Crippen LogP contribution in [0.3, 0.4) is 0 Å². The van der Waals surface area contributed by atoms with Crippen LogP contribution in [0.1, 0.15) is 22.3 Å². The van der Waals surface area contributed by atoms with Crippen molar-refractivity contribution in [1.82, 2.24) is 0 Å². The number of fused-ring (bicyclic) bond motifs is 19. The van der Waals surface area contributed by atoms with Gasteiger partial charge in [0.05, 0.1) is 22.2 Å². The first-order valence-electron chi connectivity index (χ1n) is 20.2. The number of hydrogen-bond acceptors (Lipinski definition) is 4. The molecule has 0 saturated heterocycles. The largest absolute Gasteiger partial charge is 0.456 e. The monoisotopic (exact) mass is 753 g/mol. The second-order valence-electron chi connectivity index (χ2n) is 15.9. The standard InChI is InChI=1S/C55H31NO3/c1-7-20-42-33(14-1)34-15-2-8-21-43(34)55(42)44-22-9-3-16-35(44)40-31-41-37-18-5-11-25-47(37)59-54(41)53(52(40)55)56(32-28-29-49-39(30-32)36-17-4-10-24-46(36)57-49)45-23-13-27-50-51(45)38-19-6-12-26-48(38)58-50/h1-31H. The predicted octanol–water partition coefficient (Wildman–Crippen LogP) is 15.2. The summed E-state index contributed by atoms with van der Waals surface area (Å²) in [5.41, 5.74) is 17.3. The van der Waals surface area contributed by atoms with E-state index in [9.17, 15) is 0 Å². The third-order valence-corrected chi connectivity index (χ3v) is 13.1. The Labute approximate surface area is 337 Å². The molecule has 59 heavy (non-hydrogen) atoms. The van der Waals surface area contributed by atoms with E-state index < -0.39 is 5.41 Å². The zero-order valence-corrected chi connectivity index (χ0v) is 31.6. The van der Waals surface area contributed by atoms with Gasteiger partial charge in [-0.25, -0.2) is 0 Å². The molecule has 3 aromatic heterocycles. The highest BCUT2D eigenvalue weighted by Crippen LogP contribution is 2.67. The van der Waals surface area contributed by atoms with Gasteiger partial charge >= 0.3 is 0 Å². The summed E-state index contributed by atoms with van der Waals surface area (Å²) < 4.78 is 20.3. The average Bonchev–Trinajstić information content (AvgIpc) is 4.09. The number of furan rings is 3. The summed E-state index contributed by atoms with van der Waals surface area (Å²) in [7, 11) is 0. The van der Waals surface area contributed by atoms with E-state index in [1.54, 1.807) is 0 Å². The molecule has 12 aromatic rings. The van der Waals surface area contributed by atoms with Gasteiger partial charge in [0, 0.05) is 38.2 Å². The van der Waals surface area contributed by atoms with Gasteiger partial charge < -0.3 is 18.2 Å². The molecular weight excluding hydrogens is 723 g/mol. The van der Waals surface area contributed by atoms with Gasteiger partial charge in [-0.3, -0.25) is 0 Å². The lowest BCUT2D eigenvalue weighted by molar-refractivity contribution is 0.666. The summed E-state index contributed by atoms with van der Waals surface area (Å²) in [6, 6.07) is 67.6. The maximum absolute atomic E-state index is 7.25. The van der Waals surface area contributed by atoms with Crippen molar-refractivity contribution in [1.29, 1.82) is 0 Å². The lowest BCUT2D eigenvalue weighted by Crippen LogP contribution is -2.28. The average molecular weight is 754 g/mol. The zero-order chi connectivity index (χ0) is 38.4. The number of hydrogen-bond donors (Lipinski definition) is 0. The van der Waals surface area contributed by atoms with Crippen molar-refractivity contribution in [2.75, 3.05) is 4.90 Å². The van der Waals surface area contributed by atoms with E-state index in [4.69, 9.17) is 13.3 Å². The van der Waals surface area contributed by atoms with Gasteiger partial charge in [0.1, 0.15) is 27.9 Å². The van der Waals surface area contributed by atoms with Crippen molar-refractivity contribution in [3.05, 3.63) is 210 Å². The molecule has 9 aromatic carbocycles. The van der Waals surface area contributed by atoms with Gasteiger partial charge in [-0.2, -0.15) is 0 Å². The minimum Gasteiger partial charge on any atom is -0.456 e. The fourth-order valence-corrected chi connectivity index (χ4v) is 10.8. The molecule has 2 aliphatic carbocycles. The molecule has 0 radical (unpaired) electrons. The number of benzene rings is 9. The second-order valence-corrected chi connectivity index (χ2v) is 15.9. The number of nitrogens with zero attached hydrogens (tertiary/aromatic N) is 1. The molecule has 0 N–H and O–H groups in total. The van der Waals surface area contributed by atoms with E-state index in [0.29, 0.717) is 0 Å². The molecule has 1 spiro atoms. The Morgan fingerprint density at radius 2 is 0.864 bits per heavy atom. The van der Waals surface area contributed by atoms with Crippen LogP contribution in [0.4, 0.5) is 17.1 Å². The maximum Gasteiger partial charge on any atom is 0.159 e. The normalized spacial score (nSPS) is 13.6. The summed E-state index contributed by atoms with van der Waals surface area (Å²) in [6.45, 7) is 0. The Morgan fingerprint density at radius 3 is 1.56 bits per heavy atom. The number of anilines is 3. The fourth-order valence-electron chi connectivity index (χ4n) is 10.8. The van der Waals surface area contributed by atoms with Crippen molar-refractivity contribution in [3.8, 4) is 22.3 Å². The first-order chi connectivity index (χ1) is 29.3. The molecule has 0 aliphatic heterocycles. The van der Waals surface area contributed by atoms with Crippen LogP contribution >= 0.6 is 0 Å². The van der Waals surface area contributed by atoms with Crippen LogP contribution in [0.25, 0.3) is 88.1 Å². The third-order valence-electron chi connectivity index (χ3n) is 13.1. The summed E-state index contributed by atoms with van der Waals surface area (Å²) >= 11 is 0. The molecule has 0 fully saturated rings. The maximum atomic E-state index is 7.25. The lowest BCUT2D eigenvalue weighted by Gasteiger charge is -2.36. The van der Waals surface area contributed by atoms with Gasteiger partial charge in [-0.1, -0.05) is 133 Å². The van der Waals surface area contributed by atoms with E-state index in [1.807, 2.05) is 18.2 Å². The molecule has 0 unspecified atom stereocenters. The highest BCUT2D eigenvalue weighted by Gasteiger charge is 2.54. The lowest BCUT2D eigenvalue weighted by atomic mass is 9.69. The Hall–Kier alpha value is -7.82. The minimum absolute atomic E-state index is 0.654.